The number of carbonyl (C=O) groups excluding carboxylic acids is 1. The molecule has 1 heterocycles. The third-order valence-electron chi connectivity index (χ3n) is 2.04. The Kier molecular flexibility index (Phi) is 4.13. The lowest BCUT2D eigenvalue weighted by molar-refractivity contribution is -0.0852. The Labute approximate surface area is 91.0 Å². The molecule has 0 aliphatic rings. The van der Waals surface area contributed by atoms with Crippen molar-refractivity contribution in [1.29, 1.82) is 0 Å². The van der Waals surface area contributed by atoms with Crippen molar-refractivity contribution in [2.45, 2.75) is 25.2 Å². The molecule has 1 aromatic heterocycles. The van der Waals surface area contributed by atoms with E-state index in [4.69, 9.17) is 14.6 Å². The smallest absolute Gasteiger partial charge is 0.226 e. The second-order valence-electron chi connectivity index (χ2n) is 3.31. The van der Waals surface area contributed by atoms with Crippen molar-refractivity contribution in [3.63, 3.8) is 0 Å². The van der Waals surface area contributed by atoms with Gasteiger partial charge in [-0.25, -0.2) is 4.98 Å². The third-order valence-corrected chi connectivity index (χ3v) is 2.04. The minimum absolute atomic E-state index is 0.0136. The van der Waals surface area contributed by atoms with E-state index in [1.165, 1.54) is 6.92 Å². The summed E-state index contributed by atoms with van der Waals surface area (Å²) in [5.74, 6) is -0.635. The van der Waals surface area contributed by atoms with Crippen molar-refractivity contribution in [1.82, 2.24) is 4.98 Å². The van der Waals surface area contributed by atoms with E-state index in [2.05, 4.69) is 4.98 Å². The van der Waals surface area contributed by atoms with Gasteiger partial charge in [0.15, 0.2) is 11.9 Å². The standard InChI is InChI=1S/C9H13NO6/c1-4(12)5-3-16-9(10-5)8(15)7(14)6(13)2-11/h3,6-8,11,13-15H,2H2,1H3. The van der Waals surface area contributed by atoms with Crippen LogP contribution in [0.25, 0.3) is 0 Å². The summed E-state index contributed by atoms with van der Waals surface area (Å²) < 4.78 is 4.77. The average Bonchev–Trinajstić information content (AvgIpc) is 2.75. The molecular formula is C9H13NO6. The summed E-state index contributed by atoms with van der Waals surface area (Å²) in [4.78, 5) is 14.5. The second-order valence-corrected chi connectivity index (χ2v) is 3.31. The summed E-state index contributed by atoms with van der Waals surface area (Å²) in [6.45, 7) is 0.561. The number of aromatic nitrogens is 1. The van der Waals surface area contributed by atoms with Crippen LogP contribution in [0.2, 0.25) is 0 Å². The van der Waals surface area contributed by atoms with Gasteiger partial charge in [0.05, 0.1) is 6.61 Å². The van der Waals surface area contributed by atoms with Gasteiger partial charge in [0.25, 0.3) is 0 Å². The molecule has 0 amide bonds. The van der Waals surface area contributed by atoms with Crippen LogP contribution in [0.5, 0.6) is 0 Å². The van der Waals surface area contributed by atoms with Gasteiger partial charge in [-0.15, -0.1) is 0 Å². The Morgan fingerprint density at radius 1 is 1.50 bits per heavy atom. The van der Waals surface area contributed by atoms with Crippen LogP contribution in [-0.2, 0) is 0 Å². The van der Waals surface area contributed by atoms with Gasteiger partial charge in [0, 0.05) is 6.92 Å². The Morgan fingerprint density at radius 3 is 2.56 bits per heavy atom. The fourth-order valence-corrected chi connectivity index (χ4v) is 1.05. The van der Waals surface area contributed by atoms with E-state index >= 15 is 0 Å². The average molecular weight is 231 g/mol. The molecule has 1 rings (SSSR count). The van der Waals surface area contributed by atoms with E-state index in [0.29, 0.717) is 0 Å². The van der Waals surface area contributed by atoms with E-state index in [9.17, 15) is 15.0 Å². The number of hydrogen-bond acceptors (Lipinski definition) is 7. The first-order valence-electron chi connectivity index (χ1n) is 4.58. The molecule has 0 saturated carbocycles. The molecule has 0 saturated heterocycles. The minimum Gasteiger partial charge on any atom is -0.445 e. The minimum atomic E-state index is -1.64. The number of carbonyl (C=O) groups is 1. The molecule has 0 fully saturated rings. The lowest BCUT2D eigenvalue weighted by atomic mass is 10.1. The number of Topliss-reactive ketones (excluding diaryl/α,β-unsaturated/α-hetero) is 1. The maximum absolute atomic E-state index is 10.9. The quantitative estimate of drug-likeness (QED) is 0.460. The first-order chi connectivity index (χ1) is 7.47. The molecule has 0 radical (unpaired) electrons. The van der Waals surface area contributed by atoms with Gasteiger partial charge in [0.2, 0.25) is 5.89 Å². The highest BCUT2D eigenvalue weighted by molar-refractivity contribution is 5.91. The number of aliphatic hydroxyl groups excluding tert-OH is 4. The van der Waals surface area contributed by atoms with Gasteiger partial charge >= 0.3 is 0 Å². The molecular weight excluding hydrogens is 218 g/mol. The van der Waals surface area contributed by atoms with Gasteiger partial charge < -0.3 is 24.8 Å². The monoisotopic (exact) mass is 231 g/mol. The Hall–Kier alpha value is -1.28. The summed E-state index contributed by atoms with van der Waals surface area (Å²) in [7, 11) is 0. The molecule has 0 aliphatic heterocycles. The summed E-state index contributed by atoms with van der Waals surface area (Å²) in [5.41, 5.74) is 0.0136. The Morgan fingerprint density at radius 2 is 2.12 bits per heavy atom. The molecule has 3 atom stereocenters. The van der Waals surface area contributed by atoms with Gasteiger partial charge in [-0.2, -0.15) is 0 Å². The van der Waals surface area contributed by atoms with Gasteiger partial charge in [0.1, 0.15) is 24.2 Å². The molecule has 3 unspecified atom stereocenters. The normalized spacial score (nSPS) is 16.8. The molecule has 0 aromatic carbocycles. The van der Waals surface area contributed by atoms with Gasteiger partial charge in [-0.3, -0.25) is 4.79 Å². The highest BCUT2D eigenvalue weighted by atomic mass is 16.4. The lowest BCUT2D eigenvalue weighted by Gasteiger charge is -2.18. The number of rotatable bonds is 5. The molecule has 16 heavy (non-hydrogen) atoms. The lowest BCUT2D eigenvalue weighted by Crippen LogP contribution is -2.34. The summed E-state index contributed by atoms with van der Waals surface area (Å²) >= 11 is 0. The first-order valence-corrected chi connectivity index (χ1v) is 4.58. The van der Waals surface area contributed by atoms with Gasteiger partial charge in [-0.05, 0) is 0 Å². The molecule has 0 bridgehead atoms. The first kappa shape index (κ1) is 12.8. The fourth-order valence-electron chi connectivity index (χ4n) is 1.05. The van der Waals surface area contributed by atoms with Crippen molar-refractivity contribution in [2.75, 3.05) is 6.61 Å². The van der Waals surface area contributed by atoms with Crippen LogP contribution < -0.4 is 0 Å². The van der Waals surface area contributed by atoms with Crippen LogP contribution in [-0.4, -0.2) is 50.0 Å². The fraction of sp³-hybridized carbons (Fsp3) is 0.556. The van der Waals surface area contributed by atoms with Crippen LogP contribution in [0, 0.1) is 0 Å². The summed E-state index contributed by atoms with van der Waals surface area (Å²) in [6.07, 6.45) is -3.71. The van der Waals surface area contributed by atoms with Crippen molar-refractivity contribution in [3.8, 4) is 0 Å². The largest absolute Gasteiger partial charge is 0.445 e. The van der Waals surface area contributed by atoms with Crippen LogP contribution in [0.1, 0.15) is 29.4 Å². The van der Waals surface area contributed by atoms with E-state index in [-0.39, 0.29) is 17.4 Å². The van der Waals surface area contributed by atoms with Crippen molar-refractivity contribution >= 4 is 5.78 Å². The highest BCUT2D eigenvalue weighted by Gasteiger charge is 2.29. The van der Waals surface area contributed by atoms with E-state index in [1.54, 1.807) is 0 Å². The number of ketones is 1. The van der Waals surface area contributed by atoms with E-state index in [1.807, 2.05) is 0 Å². The predicted octanol–water partition coefficient (Wildman–Crippen LogP) is -1.38. The van der Waals surface area contributed by atoms with E-state index < -0.39 is 24.9 Å². The molecule has 0 aliphatic carbocycles. The molecule has 7 nitrogen and oxygen atoms in total. The topological polar surface area (TPSA) is 124 Å². The molecule has 7 heteroatoms. The Balaban J connectivity index is 2.79. The van der Waals surface area contributed by atoms with Crippen LogP contribution >= 0.6 is 0 Å². The van der Waals surface area contributed by atoms with Crippen LogP contribution in [0.4, 0.5) is 0 Å². The zero-order valence-electron chi connectivity index (χ0n) is 8.57. The number of nitrogens with zero attached hydrogens (tertiary/aromatic N) is 1. The Bertz CT molecular complexity index is 363. The highest BCUT2D eigenvalue weighted by Crippen LogP contribution is 2.18. The van der Waals surface area contributed by atoms with Crippen LogP contribution in [0.3, 0.4) is 0 Å². The zero-order valence-corrected chi connectivity index (χ0v) is 8.57. The maximum Gasteiger partial charge on any atom is 0.226 e. The molecule has 1 aromatic rings. The van der Waals surface area contributed by atoms with Gasteiger partial charge in [-0.1, -0.05) is 0 Å². The molecule has 90 valence electrons. The summed E-state index contributed by atoms with van der Waals surface area (Å²) in [6, 6.07) is 0. The van der Waals surface area contributed by atoms with Crippen molar-refractivity contribution < 1.29 is 29.6 Å². The van der Waals surface area contributed by atoms with Crippen molar-refractivity contribution in [2.24, 2.45) is 0 Å². The number of aliphatic hydroxyl groups is 4. The summed E-state index contributed by atoms with van der Waals surface area (Å²) in [5, 5.41) is 36.5. The molecule has 4 N–H and O–H groups in total. The molecule has 0 spiro atoms. The predicted molar refractivity (Wildman–Crippen MR) is 50.6 cm³/mol. The maximum atomic E-state index is 10.9. The SMILES string of the molecule is CC(=O)c1coc(C(O)C(O)C(O)CO)n1. The zero-order chi connectivity index (χ0) is 12.3. The number of hydrogen-bond donors (Lipinski definition) is 4. The second kappa shape index (κ2) is 5.17. The van der Waals surface area contributed by atoms with Crippen molar-refractivity contribution in [3.05, 3.63) is 17.8 Å². The number of oxazole rings is 1. The van der Waals surface area contributed by atoms with Crippen LogP contribution in [0.15, 0.2) is 10.7 Å². The van der Waals surface area contributed by atoms with E-state index in [0.717, 1.165) is 6.26 Å². The third kappa shape index (κ3) is 2.64.